The number of carbonyl (C=O) groups excluding carboxylic acids is 1. The summed E-state index contributed by atoms with van der Waals surface area (Å²) in [6.45, 7) is 6.09. The summed E-state index contributed by atoms with van der Waals surface area (Å²) < 4.78 is 16.9. The molecule has 0 saturated heterocycles. The Labute approximate surface area is 155 Å². The van der Waals surface area contributed by atoms with Crippen molar-refractivity contribution in [2.45, 2.75) is 33.3 Å². The van der Waals surface area contributed by atoms with Crippen molar-refractivity contribution in [2.75, 3.05) is 12.3 Å². The molecule has 0 bridgehead atoms. The van der Waals surface area contributed by atoms with Crippen LogP contribution in [0.3, 0.4) is 0 Å². The zero-order valence-corrected chi connectivity index (χ0v) is 15.2. The maximum atomic E-state index is 12.5. The predicted molar refractivity (Wildman–Crippen MR) is 95.4 cm³/mol. The van der Waals surface area contributed by atoms with Crippen LogP contribution in [0, 0.1) is 0 Å². The molecule has 0 saturated carbocycles. The minimum Gasteiger partial charge on any atom is -0.494 e. The molecule has 142 valence electrons. The molecule has 0 fully saturated rings. The fraction of sp³-hybridized carbons (Fsp3) is 0.353. The molecule has 0 amide bonds. The minimum absolute atomic E-state index is 0.0170. The number of nitrogens with two attached hydrogens (primary N) is 1. The van der Waals surface area contributed by atoms with Gasteiger partial charge in [-0.3, -0.25) is 0 Å². The number of aromatic nitrogens is 5. The molecule has 2 N–H and O–H groups in total. The fourth-order valence-corrected chi connectivity index (χ4v) is 2.39. The van der Waals surface area contributed by atoms with E-state index in [1.54, 1.807) is 32.0 Å². The molecule has 0 aliphatic rings. The van der Waals surface area contributed by atoms with Gasteiger partial charge in [-0.1, -0.05) is 24.3 Å². The van der Waals surface area contributed by atoms with Crippen molar-refractivity contribution in [3.05, 3.63) is 30.0 Å². The molecule has 3 rings (SSSR count). The molecule has 3 aromatic rings. The van der Waals surface area contributed by atoms with Gasteiger partial charge in [-0.15, -0.1) is 5.10 Å². The summed E-state index contributed by atoms with van der Waals surface area (Å²) in [5, 5.41) is 15.3. The van der Waals surface area contributed by atoms with E-state index in [9.17, 15) is 4.79 Å². The monoisotopic (exact) mass is 372 g/mol. The smallest absolute Gasteiger partial charge is 0.361 e. The van der Waals surface area contributed by atoms with Gasteiger partial charge in [0.2, 0.25) is 11.6 Å². The third kappa shape index (κ3) is 3.89. The second-order valence-corrected chi connectivity index (χ2v) is 6.00. The van der Waals surface area contributed by atoms with Gasteiger partial charge in [-0.05, 0) is 42.7 Å². The third-order valence-electron chi connectivity index (χ3n) is 3.48. The second kappa shape index (κ2) is 7.85. The highest BCUT2D eigenvalue weighted by molar-refractivity contribution is 5.94. The largest absolute Gasteiger partial charge is 0.494 e. The molecule has 0 aliphatic heterocycles. The Morgan fingerprint density at radius 1 is 1.33 bits per heavy atom. The summed E-state index contributed by atoms with van der Waals surface area (Å²) in [6.07, 6.45) is 0.560. The first kappa shape index (κ1) is 18.4. The Hall–Kier alpha value is -3.43. The van der Waals surface area contributed by atoms with Gasteiger partial charge in [0, 0.05) is 5.56 Å². The Balaban J connectivity index is 2.12. The van der Waals surface area contributed by atoms with Crippen molar-refractivity contribution in [3.63, 3.8) is 0 Å². The number of esters is 1. The molecule has 0 aliphatic carbocycles. The lowest BCUT2D eigenvalue weighted by molar-refractivity contribution is 0.0371. The second-order valence-electron chi connectivity index (χ2n) is 6.00. The van der Waals surface area contributed by atoms with Crippen LogP contribution in [0.25, 0.3) is 17.1 Å². The third-order valence-corrected chi connectivity index (χ3v) is 3.48. The molecule has 10 nitrogen and oxygen atoms in total. The predicted octanol–water partition coefficient (Wildman–Crippen LogP) is 2.25. The summed E-state index contributed by atoms with van der Waals surface area (Å²) in [5.41, 5.74) is 6.79. The highest BCUT2D eigenvalue weighted by Crippen LogP contribution is 2.29. The van der Waals surface area contributed by atoms with E-state index < -0.39 is 5.97 Å². The summed E-state index contributed by atoms with van der Waals surface area (Å²) in [5.74, 6) is 0.182. The van der Waals surface area contributed by atoms with Crippen molar-refractivity contribution >= 4 is 11.8 Å². The number of hydrogen-bond donors (Lipinski definition) is 1. The van der Waals surface area contributed by atoms with Crippen molar-refractivity contribution in [3.8, 4) is 22.8 Å². The number of benzene rings is 1. The van der Waals surface area contributed by atoms with E-state index >= 15 is 0 Å². The molecule has 0 spiro atoms. The zero-order chi connectivity index (χ0) is 19.4. The molecule has 0 unspecified atom stereocenters. The molecule has 0 radical (unpaired) electrons. The minimum atomic E-state index is -0.610. The zero-order valence-electron chi connectivity index (χ0n) is 15.2. The molecule has 0 atom stereocenters. The Bertz CT molecular complexity index is 933. The number of nitrogens with zero attached hydrogens (tertiary/aromatic N) is 5. The van der Waals surface area contributed by atoms with Crippen LogP contribution in [0.2, 0.25) is 0 Å². The lowest BCUT2D eigenvalue weighted by Gasteiger charge is -2.10. The average molecular weight is 372 g/mol. The first-order chi connectivity index (χ1) is 13.0. The van der Waals surface area contributed by atoms with E-state index in [-0.39, 0.29) is 23.4 Å². The van der Waals surface area contributed by atoms with E-state index in [4.69, 9.17) is 15.2 Å². The van der Waals surface area contributed by atoms with Gasteiger partial charge in [0.1, 0.15) is 11.4 Å². The van der Waals surface area contributed by atoms with Crippen molar-refractivity contribution in [2.24, 2.45) is 0 Å². The number of ether oxygens (including phenoxy) is 2. The average Bonchev–Trinajstić information content (AvgIpc) is 3.25. The quantitative estimate of drug-likeness (QED) is 0.620. The van der Waals surface area contributed by atoms with E-state index in [1.165, 1.54) is 4.68 Å². The number of hydrogen-bond acceptors (Lipinski definition) is 9. The highest BCUT2D eigenvalue weighted by atomic mass is 16.6. The molecule has 27 heavy (non-hydrogen) atoms. The van der Waals surface area contributed by atoms with Gasteiger partial charge in [0.15, 0.2) is 5.69 Å². The molecular weight excluding hydrogens is 352 g/mol. The van der Waals surface area contributed by atoms with Crippen LogP contribution in [-0.2, 0) is 4.74 Å². The maximum Gasteiger partial charge on any atom is 0.361 e. The van der Waals surface area contributed by atoms with Crippen molar-refractivity contribution < 1.29 is 18.9 Å². The Morgan fingerprint density at radius 2 is 2.15 bits per heavy atom. The molecule has 1 aromatic carbocycles. The number of rotatable bonds is 7. The normalized spacial score (nSPS) is 11.0. The van der Waals surface area contributed by atoms with Crippen LogP contribution < -0.4 is 10.5 Å². The Morgan fingerprint density at radius 3 is 2.81 bits per heavy atom. The lowest BCUT2D eigenvalue weighted by atomic mass is 10.1. The van der Waals surface area contributed by atoms with E-state index in [0.29, 0.717) is 23.6 Å². The summed E-state index contributed by atoms with van der Waals surface area (Å²) >= 11 is 0. The molecule has 2 heterocycles. The molecule has 10 heteroatoms. The SMILES string of the molecule is CCCOc1cccc(-c2c(C(=O)OC(C)C)nnn2-c2nonc2N)c1. The number of carbonyl (C=O) groups is 1. The van der Waals surface area contributed by atoms with E-state index in [2.05, 4.69) is 25.3 Å². The van der Waals surface area contributed by atoms with Crippen LogP contribution in [0.5, 0.6) is 5.75 Å². The standard InChI is InChI=1S/C17H20N6O4/c1-4-8-25-12-7-5-6-11(9-12)14-13(17(24)26-10(2)3)19-22-23(14)16-15(18)20-27-21-16/h5-7,9-10H,4,8H2,1-3H3,(H2,18,20). The van der Waals surface area contributed by atoms with Gasteiger partial charge >= 0.3 is 5.97 Å². The first-order valence-corrected chi connectivity index (χ1v) is 8.49. The van der Waals surface area contributed by atoms with Gasteiger partial charge in [0.25, 0.3) is 0 Å². The summed E-state index contributed by atoms with van der Waals surface area (Å²) in [4.78, 5) is 12.5. The lowest BCUT2D eigenvalue weighted by Crippen LogP contribution is -2.13. The van der Waals surface area contributed by atoms with Crippen LogP contribution >= 0.6 is 0 Å². The number of nitrogen functional groups attached to an aromatic ring is 1. The summed E-state index contributed by atoms with van der Waals surface area (Å²) in [7, 11) is 0. The van der Waals surface area contributed by atoms with Gasteiger partial charge in [0.05, 0.1) is 12.7 Å². The van der Waals surface area contributed by atoms with E-state index in [0.717, 1.165) is 6.42 Å². The Kier molecular flexibility index (Phi) is 5.34. The first-order valence-electron chi connectivity index (χ1n) is 8.49. The van der Waals surface area contributed by atoms with Crippen molar-refractivity contribution in [1.82, 2.24) is 25.3 Å². The van der Waals surface area contributed by atoms with Crippen LogP contribution in [0.1, 0.15) is 37.7 Å². The van der Waals surface area contributed by atoms with Gasteiger partial charge in [-0.2, -0.15) is 4.68 Å². The molecular formula is C17H20N6O4. The van der Waals surface area contributed by atoms with Crippen LogP contribution in [0.15, 0.2) is 28.9 Å². The topological polar surface area (TPSA) is 131 Å². The fourth-order valence-electron chi connectivity index (χ4n) is 2.39. The van der Waals surface area contributed by atoms with Crippen LogP contribution in [-0.4, -0.2) is 44.0 Å². The van der Waals surface area contributed by atoms with Gasteiger partial charge in [-0.25, -0.2) is 9.42 Å². The van der Waals surface area contributed by atoms with Crippen molar-refractivity contribution in [1.29, 1.82) is 0 Å². The van der Waals surface area contributed by atoms with E-state index in [1.807, 2.05) is 13.0 Å². The highest BCUT2D eigenvalue weighted by Gasteiger charge is 2.26. The summed E-state index contributed by atoms with van der Waals surface area (Å²) in [6, 6.07) is 7.20. The number of anilines is 1. The van der Waals surface area contributed by atoms with Gasteiger partial charge < -0.3 is 15.2 Å². The van der Waals surface area contributed by atoms with Crippen LogP contribution in [0.4, 0.5) is 5.82 Å². The maximum absolute atomic E-state index is 12.5. The molecule has 2 aromatic heterocycles.